The average Bonchev–Trinajstić information content (AvgIpc) is 2.60. The fourth-order valence-corrected chi connectivity index (χ4v) is 3.60. The molecule has 8 heteroatoms. The lowest BCUT2D eigenvalue weighted by Crippen LogP contribution is -2.35. The predicted molar refractivity (Wildman–Crippen MR) is 92.8 cm³/mol. The van der Waals surface area contributed by atoms with Crippen molar-refractivity contribution in [2.45, 2.75) is 11.8 Å². The number of carboxylic acids is 1. The molecule has 7 nitrogen and oxygen atoms in total. The summed E-state index contributed by atoms with van der Waals surface area (Å²) in [5.74, 6) is -0.182. The fraction of sp³-hybridized carbons (Fsp3) is 0.235. The van der Waals surface area contributed by atoms with Gasteiger partial charge in [-0.2, -0.15) is 0 Å². The van der Waals surface area contributed by atoms with Gasteiger partial charge in [0.15, 0.2) is 0 Å². The van der Waals surface area contributed by atoms with Crippen LogP contribution in [0.5, 0.6) is 11.5 Å². The maximum atomic E-state index is 12.9. The third-order valence-electron chi connectivity index (χ3n) is 3.36. The van der Waals surface area contributed by atoms with Gasteiger partial charge in [0.1, 0.15) is 18.0 Å². The summed E-state index contributed by atoms with van der Waals surface area (Å²) in [6, 6.07) is 12.0. The Kier molecular flexibility index (Phi) is 5.87. The van der Waals surface area contributed by atoms with Crippen LogP contribution < -0.4 is 13.8 Å². The molecule has 0 aliphatic carbocycles. The zero-order valence-corrected chi connectivity index (χ0v) is 14.7. The van der Waals surface area contributed by atoms with Gasteiger partial charge in [0.2, 0.25) is 0 Å². The van der Waals surface area contributed by atoms with Gasteiger partial charge < -0.3 is 14.6 Å². The molecule has 134 valence electrons. The van der Waals surface area contributed by atoms with Crippen LogP contribution in [0.2, 0.25) is 0 Å². The van der Waals surface area contributed by atoms with Crippen LogP contribution in [0.4, 0.5) is 5.69 Å². The fourth-order valence-electron chi connectivity index (χ4n) is 2.19. The Hall–Kier alpha value is -2.74. The van der Waals surface area contributed by atoms with Crippen molar-refractivity contribution >= 4 is 21.7 Å². The Morgan fingerprint density at radius 2 is 1.60 bits per heavy atom. The molecule has 0 saturated carbocycles. The van der Waals surface area contributed by atoms with E-state index in [-0.39, 0.29) is 10.6 Å². The lowest BCUT2D eigenvalue weighted by atomic mass is 10.3. The average molecular weight is 365 g/mol. The van der Waals surface area contributed by atoms with E-state index in [0.717, 1.165) is 4.31 Å². The number of benzene rings is 2. The summed E-state index contributed by atoms with van der Waals surface area (Å²) in [5.41, 5.74) is 0.233. The summed E-state index contributed by atoms with van der Waals surface area (Å²) in [7, 11) is -2.56. The minimum absolute atomic E-state index is 0.0204. The Balaban J connectivity index is 2.41. The highest BCUT2D eigenvalue weighted by atomic mass is 32.2. The smallest absolute Gasteiger partial charge is 0.324 e. The van der Waals surface area contributed by atoms with Gasteiger partial charge in [-0.25, -0.2) is 8.42 Å². The van der Waals surface area contributed by atoms with E-state index < -0.39 is 22.5 Å². The van der Waals surface area contributed by atoms with Gasteiger partial charge in [-0.05, 0) is 55.5 Å². The van der Waals surface area contributed by atoms with Crippen LogP contribution in [0.15, 0.2) is 53.4 Å². The number of carbonyl (C=O) groups is 1. The van der Waals surface area contributed by atoms with Crippen molar-refractivity contribution < 1.29 is 27.8 Å². The van der Waals surface area contributed by atoms with Crippen LogP contribution >= 0.6 is 0 Å². The molecular formula is C17H19NO6S. The Morgan fingerprint density at radius 1 is 1.04 bits per heavy atom. The molecule has 0 radical (unpaired) electrons. The number of rotatable bonds is 8. The van der Waals surface area contributed by atoms with Crippen LogP contribution in [0.3, 0.4) is 0 Å². The number of ether oxygens (including phenoxy) is 2. The van der Waals surface area contributed by atoms with Crippen LogP contribution in [0.25, 0.3) is 0 Å². The highest BCUT2D eigenvalue weighted by Gasteiger charge is 2.27. The molecule has 0 bridgehead atoms. The van der Waals surface area contributed by atoms with Crippen molar-refractivity contribution in [2.75, 3.05) is 24.6 Å². The van der Waals surface area contributed by atoms with E-state index in [1.807, 2.05) is 6.92 Å². The lowest BCUT2D eigenvalue weighted by molar-refractivity contribution is -0.135. The molecule has 0 saturated heterocycles. The zero-order valence-electron chi connectivity index (χ0n) is 13.9. The normalized spacial score (nSPS) is 11.0. The predicted octanol–water partition coefficient (Wildman–Crippen LogP) is 2.37. The topological polar surface area (TPSA) is 93.1 Å². The summed E-state index contributed by atoms with van der Waals surface area (Å²) in [6.07, 6.45) is 0. The van der Waals surface area contributed by atoms with Gasteiger partial charge in [-0.15, -0.1) is 0 Å². The monoisotopic (exact) mass is 365 g/mol. The molecule has 2 aromatic rings. The first-order valence-corrected chi connectivity index (χ1v) is 8.94. The lowest BCUT2D eigenvalue weighted by Gasteiger charge is -2.23. The molecule has 1 N–H and O–H groups in total. The number of anilines is 1. The van der Waals surface area contributed by atoms with Crippen molar-refractivity contribution in [2.24, 2.45) is 0 Å². The van der Waals surface area contributed by atoms with E-state index in [1.54, 1.807) is 12.1 Å². The first kappa shape index (κ1) is 18.6. The number of hydrogen-bond acceptors (Lipinski definition) is 5. The molecule has 25 heavy (non-hydrogen) atoms. The first-order valence-electron chi connectivity index (χ1n) is 7.50. The molecule has 2 aromatic carbocycles. The quantitative estimate of drug-likeness (QED) is 0.772. The zero-order chi connectivity index (χ0) is 18.4. The third kappa shape index (κ3) is 4.42. The molecular weight excluding hydrogens is 346 g/mol. The number of sulfonamides is 1. The number of hydrogen-bond donors (Lipinski definition) is 1. The molecule has 0 spiro atoms. The van der Waals surface area contributed by atoms with E-state index in [4.69, 9.17) is 14.6 Å². The van der Waals surface area contributed by atoms with E-state index in [0.29, 0.717) is 18.1 Å². The Bertz CT molecular complexity index is 815. The summed E-state index contributed by atoms with van der Waals surface area (Å²) in [5, 5.41) is 9.12. The molecule has 0 aromatic heterocycles. The van der Waals surface area contributed by atoms with Crippen LogP contribution in [-0.4, -0.2) is 39.8 Å². The van der Waals surface area contributed by atoms with Gasteiger partial charge in [0.05, 0.1) is 24.3 Å². The van der Waals surface area contributed by atoms with E-state index in [9.17, 15) is 13.2 Å². The minimum atomic E-state index is -4.04. The van der Waals surface area contributed by atoms with Gasteiger partial charge in [0, 0.05) is 0 Å². The molecule has 0 unspecified atom stereocenters. The number of nitrogens with zero attached hydrogens (tertiary/aromatic N) is 1. The summed E-state index contributed by atoms with van der Waals surface area (Å²) in [4.78, 5) is 11.2. The molecule has 0 amide bonds. The number of carboxylic acid groups (broad SMARTS) is 1. The van der Waals surface area contributed by atoms with Gasteiger partial charge >= 0.3 is 5.97 Å². The van der Waals surface area contributed by atoms with Crippen molar-refractivity contribution in [1.82, 2.24) is 0 Å². The van der Waals surface area contributed by atoms with Crippen molar-refractivity contribution in [3.8, 4) is 11.5 Å². The maximum Gasteiger partial charge on any atom is 0.324 e. The van der Waals surface area contributed by atoms with Crippen LogP contribution in [0.1, 0.15) is 6.92 Å². The van der Waals surface area contributed by atoms with E-state index in [2.05, 4.69) is 0 Å². The SMILES string of the molecule is CCOc1ccc(S(=O)(=O)N(CC(=O)O)c2ccc(OC)cc2)cc1. The molecule has 0 heterocycles. The molecule has 0 fully saturated rings. The van der Waals surface area contributed by atoms with E-state index >= 15 is 0 Å². The second-order valence-electron chi connectivity index (χ2n) is 5.01. The third-order valence-corrected chi connectivity index (χ3v) is 5.15. The second kappa shape index (κ2) is 7.89. The summed E-state index contributed by atoms with van der Waals surface area (Å²) in [6.45, 7) is 1.59. The highest BCUT2D eigenvalue weighted by Crippen LogP contribution is 2.26. The summed E-state index contributed by atoms with van der Waals surface area (Å²) < 4.78 is 36.9. The molecule has 0 aliphatic heterocycles. The number of aliphatic carboxylic acids is 1. The van der Waals surface area contributed by atoms with Crippen molar-refractivity contribution in [3.05, 3.63) is 48.5 Å². The number of methoxy groups -OCH3 is 1. The molecule has 0 atom stereocenters. The second-order valence-corrected chi connectivity index (χ2v) is 6.87. The Morgan fingerprint density at radius 3 is 2.08 bits per heavy atom. The maximum absolute atomic E-state index is 12.9. The van der Waals surface area contributed by atoms with Crippen LogP contribution in [-0.2, 0) is 14.8 Å². The first-order chi connectivity index (χ1) is 11.9. The Labute approximate surface area is 146 Å². The largest absolute Gasteiger partial charge is 0.497 e. The van der Waals surface area contributed by atoms with Crippen LogP contribution in [0, 0.1) is 0 Å². The van der Waals surface area contributed by atoms with Crippen molar-refractivity contribution in [3.63, 3.8) is 0 Å². The van der Waals surface area contributed by atoms with E-state index in [1.165, 1.54) is 43.5 Å². The minimum Gasteiger partial charge on any atom is -0.497 e. The van der Waals surface area contributed by atoms with Gasteiger partial charge in [-0.3, -0.25) is 9.10 Å². The standard InChI is InChI=1S/C17H19NO6S/c1-3-24-15-8-10-16(11-9-15)25(21,22)18(12-17(19)20)13-4-6-14(23-2)7-5-13/h4-11H,3,12H2,1-2H3,(H,19,20). The van der Waals surface area contributed by atoms with Gasteiger partial charge in [-0.1, -0.05) is 0 Å². The highest BCUT2D eigenvalue weighted by molar-refractivity contribution is 7.92. The summed E-state index contributed by atoms with van der Waals surface area (Å²) >= 11 is 0. The van der Waals surface area contributed by atoms with Gasteiger partial charge in [0.25, 0.3) is 10.0 Å². The van der Waals surface area contributed by atoms with Crippen molar-refractivity contribution in [1.29, 1.82) is 0 Å². The molecule has 0 aliphatic rings. The molecule has 2 rings (SSSR count).